The molecule has 1 aromatic rings. The Kier molecular flexibility index (Phi) is 9.98. The van der Waals surface area contributed by atoms with Gasteiger partial charge in [0.25, 0.3) is 0 Å². The number of unbranched alkanes of at least 4 members (excludes halogenated alkanes) is 6. The Balaban J connectivity index is 2.28. The first-order chi connectivity index (χ1) is 10.2. The Hall–Kier alpha value is -0.380. The average Bonchev–Trinajstić information content (AvgIpc) is 2.49. The number of benzene rings is 1. The van der Waals surface area contributed by atoms with Crippen molar-refractivity contribution in [3.63, 3.8) is 0 Å². The fraction of sp³-hybridized carbons (Fsp3) is 0.667. The van der Waals surface area contributed by atoms with Crippen molar-refractivity contribution in [1.82, 2.24) is 0 Å². The minimum absolute atomic E-state index is 0.0539. The fourth-order valence-electron chi connectivity index (χ4n) is 2.74. The standard InChI is InChI=1S/C18H30BrNO/c1-2-3-4-5-6-7-8-9-18(21)17(14-20)15-10-12-16(19)13-11-15/h10-13,17-18,21H,2-9,14,20H2,1H3. The number of hydrogen-bond donors (Lipinski definition) is 2. The summed E-state index contributed by atoms with van der Waals surface area (Å²) in [4.78, 5) is 0. The Morgan fingerprint density at radius 1 is 1.00 bits per heavy atom. The smallest absolute Gasteiger partial charge is 0.0620 e. The van der Waals surface area contributed by atoms with E-state index in [4.69, 9.17) is 5.73 Å². The lowest BCUT2D eigenvalue weighted by Gasteiger charge is -2.22. The third kappa shape index (κ3) is 7.44. The molecule has 2 nitrogen and oxygen atoms in total. The lowest BCUT2D eigenvalue weighted by Crippen LogP contribution is -2.25. The maximum atomic E-state index is 10.4. The van der Waals surface area contributed by atoms with Gasteiger partial charge in [-0.15, -0.1) is 0 Å². The highest BCUT2D eigenvalue weighted by Gasteiger charge is 2.19. The second kappa shape index (κ2) is 11.2. The molecule has 3 N–H and O–H groups in total. The van der Waals surface area contributed by atoms with Crippen molar-refractivity contribution < 1.29 is 5.11 Å². The summed E-state index contributed by atoms with van der Waals surface area (Å²) in [7, 11) is 0. The van der Waals surface area contributed by atoms with E-state index in [1.807, 2.05) is 12.1 Å². The van der Waals surface area contributed by atoms with E-state index in [1.54, 1.807) is 0 Å². The molecule has 2 atom stereocenters. The summed E-state index contributed by atoms with van der Waals surface area (Å²) in [5, 5.41) is 10.4. The van der Waals surface area contributed by atoms with Gasteiger partial charge in [-0.2, -0.15) is 0 Å². The average molecular weight is 356 g/mol. The first-order valence-corrected chi connectivity index (χ1v) is 9.12. The minimum Gasteiger partial charge on any atom is -0.392 e. The number of aliphatic hydroxyl groups is 1. The Labute approximate surface area is 138 Å². The van der Waals surface area contributed by atoms with E-state index in [2.05, 4.69) is 35.0 Å². The SMILES string of the molecule is CCCCCCCCCC(O)C(CN)c1ccc(Br)cc1. The zero-order chi connectivity index (χ0) is 15.5. The van der Waals surface area contributed by atoms with Gasteiger partial charge in [0.1, 0.15) is 0 Å². The van der Waals surface area contributed by atoms with E-state index in [1.165, 1.54) is 38.5 Å². The van der Waals surface area contributed by atoms with Crippen molar-refractivity contribution in [1.29, 1.82) is 0 Å². The van der Waals surface area contributed by atoms with E-state index < -0.39 is 0 Å². The highest BCUT2D eigenvalue weighted by Crippen LogP contribution is 2.24. The van der Waals surface area contributed by atoms with E-state index in [-0.39, 0.29) is 12.0 Å². The fourth-order valence-corrected chi connectivity index (χ4v) is 3.00. The zero-order valence-electron chi connectivity index (χ0n) is 13.2. The van der Waals surface area contributed by atoms with Crippen LogP contribution in [-0.2, 0) is 0 Å². The summed E-state index contributed by atoms with van der Waals surface area (Å²) in [6.07, 6.45) is 9.46. The molecule has 2 unspecified atom stereocenters. The van der Waals surface area contributed by atoms with Gasteiger partial charge in [0.2, 0.25) is 0 Å². The number of aliphatic hydroxyl groups excluding tert-OH is 1. The second-order valence-electron chi connectivity index (χ2n) is 5.87. The molecule has 0 saturated heterocycles. The maximum Gasteiger partial charge on any atom is 0.0620 e. The van der Waals surface area contributed by atoms with E-state index >= 15 is 0 Å². The molecule has 0 saturated carbocycles. The summed E-state index contributed by atoms with van der Waals surface area (Å²) in [6.45, 7) is 2.74. The van der Waals surface area contributed by atoms with Crippen LogP contribution in [0.2, 0.25) is 0 Å². The highest BCUT2D eigenvalue weighted by molar-refractivity contribution is 9.10. The molecule has 0 radical (unpaired) electrons. The number of nitrogens with two attached hydrogens (primary N) is 1. The number of rotatable bonds is 11. The molecule has 0 amide bonds. The Morgan fingerprint density at radius 3 is 2.14 bits per heavy atom. The zero-order valence-corrected chi connectivity index (χ0v) is 14.8. The third-order valence-electron chi connectivity index (χ3n) is 4.12. The first-order valence-electron chi connectivity index (χ1n) is 8.32. The molecule has 21 heavy (non-hydrogen) atoms. The van der Waals surface area contributed by atoms with Crippen molar-refractivity contribution >= 4 is 15.9 Å². The summed E-state index contributed by atoms with van der Waals surface area (Å²) >= 11 is 3.44. The molecule has 0 fully saturated rings. The summed E-state index contributed by atoms with van der Waals surface area (Å²) in [5.74, 6) is 0.0539. The third-order valence-corrected chi connectivity index (χ3v) is 4.65. The monoisotopic (exact) mass is 355 g/mol. The van der Waals surface area contributed by atoms with Crippen LogP contribution in [0.15, 0.2) is 28.7 Å². The van der Waals surface area contributed by atoms with Crippen LogP contribution in [-0.4, -0.2) is 17.8 Å². The predicted octanol–water partition coefficient (Wildman–Crippen LogP) is 4.99. The first kappa shape index (κ1) is 18.7. The van der Waals surface area contributed by atoms with E-state index in [0.717, 1.165) is 22.9 Å². The quantitative estimate of drug-likeness (QED) is 0.549. The Bertz CT molecular complexity index is 366. The number of halogens is 1. The van der Waals surface area contributed by atoms with Gasteiger partial charge in [-0.05, 0) is 24.1 Å². The molecule has 0 heterocycles. The van der Waals surface area contributed by atoms with Gasteiger partial charge in [-0.25, -0.2) is 0 Å². The van der Waals surface area contributed by atoms with Gasteiger partial charge in [0, 0.05) is 16.9 Å². The molecule has 1 aromatic carbocycles. The molecule has 0 aliphatic carbocycles. The molecule has 120 valence electrons. The lowest BCUT2D eigenvalue weighted by molar-refractivity contribution is 0.132. The van der Waals surface area contributed by atoms with Gasteiger partial charge >= 0.3 is 0 Å². The van der Waals surface area contributed by atoms with Crippen LogP contribution in [0.1, 0.15) is 69.8 Å². The molecule has 1 rings (SSSR count). The van der Waals surface area contributed by atoms with Crippen LogP contribution >= 0.6 is 15.9 Å². The van der Waals surface area contributed by atoms with Gasteiger partial charge < -0.3 is 10.8 Å². The van der Waals surface area contributed by atoms with Gasteiger partial charge in [0.05, 0.1) is 6.10 Å². The van der Waals surface area contributed by atoms with Crippen LogP contribution in [0.25, 0.3) is 0 Å². The van der Waals surface area contributed by atoms with E-state index in [0.29, 0.717) is 6.54 Å². The van der Waals surface area contributed by atoms with Crippen LogP contribution in [0.3, 0.4) is 0 Å². The molecule has 3 heteroatoms. The molecule has 0 spiro atoms. The van der Waals surface area contributed by atoms with Gasteiger partial charge in [0.15, 0.2) is 0 Å². The summed E-state index contributed by atoms with van der Waals surface area (Å²) in [6, 6.07) is 8.13. The van der Waals surface area contributed by atoms with Gasteiger partial charge in [-0.1, -0.05) is 79.9 Å². The van der Waals surface area contributed by atoms with E-state index in [9.17, 15) is 5.11 Å². The summed E-state index contributed by atoms with van der Waals surface area (Å²) < 4.78 is 1.06. The van der Waals surface area contributed by atoms with Crippen LogP contribution in [0.4, 0.5) is 0 Å². The molecule has 0 aromatic heterocycles. The molecular weight excluding hydrogens is 326 g/mol. The Morgan fingerprint density at radius 2 is 1.57 bits per heavy atom. The van der Waals surface area contributed by atoms with Crippen molar-refractivity contribution in [2.24, 2.45) is 5.73 Å². The molecule has 0 bridgehead atoms. The normalized spacial score (nSPS) is 14.1. The molecular formula is C18H30BrNO. The number of hydrogen-bond acceptors (Lipinski definition) is 2. The van der Waals surface area contributed by atoms with Gasteiger partial charge in [-0.3, -0.25) is 0 Å². The predicted molar refractivity (Wildman–Crippen MR) is 94.6 cm³/mol. The lowest BCUT2D eigenvalue weighted by atomic mass is 9.90. The maximum absolute atomic E-state index is 10.4. The van der Waals surface area contributed by atoms with Crippen LogP contribution in [0, 0.1) is 0 Å². The van der Waals surface area contributed by atoms with Crippen molar-refractivity contribution in [3.8, 4) is 0 Å². The summed E-state index contributed by atoms with van der Waals surface area (Å²) in [5.41, 5.74) is 6.99. The minimum atomic E-state index is -0.327. The van der Waals surface area contributed by atoms with Crippen molar-refractivity contribution in [3.05, 3.63) is 34.3 Å². The van der Waals surface area contributed by atoms with Crippen molar-refractivity contribution in [2.75, 3.05) is 6.54 Å². The highest BCUT2D eigenvalue weighted by atomic mass is 79.9. The topological polar surface area (TPSA) is 46.2 Å². The largest absolute Gasteiger partial charge is 0.392 e. The van der Waals surface area contributed by atoms with Crippen LogP contribution in [0.5, 0.6) is 0 Å². The molecule has 0 aliphatic heterocycles. The molecule has 0 aliphatic rings. The van der Waals surface area contributed by atoms with Crippen LogP contribution < -0.4 is 5.73 Å². The second-order valence-corrected chi connectivity index (χ2v) is 6.79. The van der Waals surface area contributed by atoms with Crippen molar-refractivity contribution in [2.45, 2.75) is 70.3 Å².